The van der Waals surface area contributed by atoms with Gasteiger partial charge in [0.1, 0.15) is 12.5 Å². The minimum atomic E-state index is -0.442. The van der Waals surface area contributed by atoms with Gasteiger partial charge in [0.15, 0.2) is 0 Å². The van der Waals surface area contributed by atoms with E-state index in [0.717, 1.165) is 5.56 Å². The topological polar surface area (TPSA) is 44.8 Å². The molecule has 0 aromatic heterocycles. The third kappa shape index (κ3) is 2.04. The van der Waals surface area contributed by atoms with Gasteiger partial charge in [-0.3, -0.25) is 0 Å². The van der Waals surface area contributed by atoms with E-state index in [-0.39, 0.29) is 5.97 Å². The number of esters is 1. The standard InChI is InChI=1S/C11H9BrO4/c1-14-10(13)8-3-2-7(6-9(8)12)11-15-4-5-16-11/h2-6,11H,1H3. The average Bonchev–Trinajstić information content (AvgIpc) is 2.81. The van der Waals surface area contributed by atoms with Crippen LogP contribution < -0.4 is 0 Å². The minimum Gasteiger partial charge on any atom is -0.465 e. The zero-order valence-electron chi connectivity index (χ0n) is 8.48. The molecule has 0 unspecified atom stereocenters. The lowest BCUT2D eigenvalue weighted by Crippen LogP contribution is -2.04. The maximum atomic E-state index is 11.3. The van der Waals surface area contributed by atoms with Crippen LogP contribution in [-0.2, 0) is 14.2 Å². The van der Waals surface area contributed by atoms with Gasteiger partial charge >= 0.3 is 5.97 Å². The van der Waals surface area contributed by atoms with Crippen molar-refractivity contribution in [2.75, 3.05) is 7.11 Å². The molecule has 1 aromatic rings. The van der Waals surface area contributed by atoms with Gasteiger partial charge in [0.2, 0.25) is 0 Å². The molecule has 0 bridgehead atoms. The summed E-state index contributed by atoms with van der Waals surface area (Å²) >= 11 is 3.30. The molecule has 0 aliphatic carbocycles. The quantitative estimate of drug-likeness (QED) is 0.784. The van der Waals surface area contributed by atoms with Gasteiger partial charge in [-0.2, -0.15) is 0 Å². The van der Waals surface area contributed by atoms with Crippen LogP contribution in [0.1, 0.15) is 22.2 Å². The van der Waals surface area contributed by atoms with Crippen LogP contribution in [0.3, 0.4) is 0 Å². The summed E-state index contributed by atoms with van der Waals surface area (Å²) in [6.07, 6.45) is 2.52. The third-order valence-corrected chi connectivity index (χ3v) is 2.79. The van der Waals surface area contributed by atoms with Gasteiger partial charge in [0.25, 0.3) is 6.29 Å². The molecule has 0 fully saturated rings. The minimum absolute atomic E-state index is 0.384. The molecule has 0 spiro atoms. The number of hydrogen-bond donors (Lipinski definition) is 0. The van der Waals surface area contributed by atoms with Crippen molar-refractivity contribution >= 4 is 21.9 Å². The van der Waals surface area contributed by atoms with Crippen LogP contribution in [-0.4, -0.2) is 13.1 Å². The Labute approximate surface area is 101 Å². The summed E-state index contributed by atoms with van der Waals surface area (Å²) in [5, 5.41) is 0. The van der Waals surface area contributed by atoms with E-state index in [1.807, 2.05) is 0 Å². The summed E-state index contributed by atoms with van der Waals surface area (Å²) in [5.74, 6) is -0.384. The van der Waals surface area contributed by atoms with Gasteiger partial charge in [0, 0.05) is 10.0 Å². The molecule has 1 aromatic carbocycles. The highest BCUT2D eigenvalue weighted by Crippen LogP contribution is 2.28. The zero-order chi connectivity index (χ0) is 11.5. The maximum absolute atomic E-state index is 11.3. The van der Waals surface area contributed by atoms with Crippen LogP contribution in [0, 0.1) is 0 Å². The summed E-state index contributed by atoms with van der Waals surface area (Å²) in [7, 11) is 1.34. The molecule has 1 aliphatic rings. The van der Waals surface area contributed by atoms with Crippen LogP contribution in [0.15, 0.2) is 35.2 Å². The highest BCUT2D eigenvalue weighted by atomic mass is 79.9. The molecular weight excluding hydrogens is 276 g/mol. The first kappa shape index (κ1) is 11.0. The van der Waals surface area contributed by atoms with E-state index in [9.17, 15) is 4.79 Å². The molecule has 4 nitrogen and oxygen atoms in total. The Hall–Kier alpha value is -1.49. The molecule has 2 rings (SSSR count). The van der Waals surface area contributed by atoms with Crippen LogP contribution in [0.2, 0.25) is 0 Å². The molecule has 84 valence electrons. The number of halogens is 1. The lowest BCUT2D eigenvalue weighted by Gasteiger charge is -2.11. The van der Waals surface area contributed by atoms with Gasteiger partial charge in [-0.05, 0) is 28.1 Å². The molecule has 1 aliphatic heterocycles. The number of rotatable bonds is 2. The van der Waals surface area contributed by atoms with Crippen molar-refractivity contribution in [2.45, 2.75) is 6.29 Å². The van der Waals surface area contributed by atoms with Crippen LogP contribution in [0.5, 0.6) is 0 Å². The summed E-state index contributed by atoms with van der Waals surface area (Å²) in [4.78, 5) is 11.3. The predicted molar refractivity (Wildman–Crippen MR) is 59.5 cm³/mol. The maximum Gasteiger partial charge on any atom is 0.339 e. The van der Waals surface area contributed by atoms with E-state index in [1.54, 1.807) is 18.2 Å². The van der Waals surface area contributed by atoms with Gasteiger partial charge in [-0.15, -0.1) is 0 Å². The lowest BCUT2D eigenvalue weighted by molar-refractivity contribution is -0.0246. The Balaban J connectivity index is 2.25. The van der Waals surface area contributed by atoms with Crippen molar-refractivity contribution in [3.8, 4) is 0 Å². The van der Waals surface area contributed by atoms with Gasteiger partial charge in [0.05, 0.1) is 12.7 Å². The zero-order valence-corrected chi connectivity index (χ0v) is 10.1. The van der Waals surface area contributed by atoms with Crippen molar-refractivity contribution in [3.63, 3.8) is 0 Å². The molecule has 0 amide bonds. The Morgan fingerprint density at radius 2 is 2.06 bits per heavy atom. The second-order valence-electron chi connectivity index (χ2n) is 3.11. The summed E-state index contributed by atoms with van der Waals surface area (Å²) in [5.41, 5.74) is 1.29. The fourth-order valence-corrected chi connectivity index (χ4v) is 1.91. The van der Waals surface area contributed by atoms with Crippen molar-refractivity contribution in [1.82, 2.24) is 0 Å². The van der Waals surface area contributed by atoms with Crippen molar-refractivity contribution < 1.29 is 19.0 Å². The highest BCUT2D eigenvalue weighted by molar-refractivity contribution is 9.10. The van der Waals surface area contributed by atoms with Crippen molar-refractivity contribution in [1.29, 1.82) is 0 Å². The van der Waals surface area contributed by atoms with Gasteiger partial charge in [-0.25, -0.2) is 4.79 Å². The number of benzene rings is 1. The van der Waals surface area contributed by atoms with Crippen LogP contribution >= 0.6 is 15.9 Å². The number of carbonyl (C=O) groups is 1. The van der Waals surface area contributed by atoms with Gasteiger partial charge < -0.3 is 14.2 Å². The normalized spacial score (nSPS) is 14.4. The van der Waals surface area contributed by atoms with E-state index in [2.05, 4.69) is 20.7 Å². The Bertz CT molecular complexity index is 434. The predicted octanol–water partition coefficient (Wildman–Crippen LogP) is 2.75. The molecule has 0 atom stereocenters. The summed E-state index contributed by atoms with van der Waals surface area (Å²) in [6, 6.07) is 5.19. The second kappa shape index (κ2) is 4.57. The number of ether oxygens (including phenoxy) is 3. The van der Waals surface area contributed by atoms with E-state index >= 15 is 0 Å². The first-order valence-corrected chi connectivity index (χ1v) is 5.35. The van der Waals surface area contributed by atoms with Crippen molar-refractivity contribution in [2.24, 2.45) is 0 Å². The Morgan fingerprint density at radius 1 is 1.38 bits per heavy atom. The van der Waals surface area contributed by atoms with Crippen LogP contribution in [0.4, 0.5) is 0 Å². The SMILES string of the molecule is COC(=O)c1ccc(C2OC=CO2)cc1Br. The van der Waals surface area contributed by atoms with Gasteiger partial charge in [-0.1, -0.05) is 6.07 Å². The number of carbonyl (C=O) groups excluding carboxylic acids is 1. The average molecular weight is 285 g/mol. The lowest BCUT2D eigenvalue weighted by atomic mass is 10.1. The molecule has 0 saturated carbocycles. The summed E-state index contributed by atoms with van der Waals surface area (Å²) in [6.45, 7) is 0. The second-order valence-corrected chi connectivity index (χ2v) is 3.96. The number of methoxy groups -OCH3 is 1. The Morgan fingerprint density at radius 3 is 2.62 bits per heavy atom. The molecular formula is C11H9BrO4. The number of hydrogen-bond acceptors (Lipinski definition) is 4. The molecule has 5 heteroatoms. The first-order chi connectivity index (χ1) is 7.72. The van der Waals surface area contributed by atoms with E-state index in [1.165, 1.54) is 19.6 Å². The molecule has 0 N–H and O–H groups in total. The smallest absolute Gasteiger partial charge is 0.339 e. The van der Waals surface area contributed by atoms with Crippen molar-refractivity contribution in [3.05, 3.63) is 46.3 Å². The van der Waals surface area contributed by atoms with E-state index in [0.29, 0.717) is 10.0 Å². The van der Waals surface area contributed by atoms with E-state index < -0.39 is 6.29 Å². The fourth-order valence-electron chi connectivity index (χ4n) is 1.35. The summed E-state index contributed by atoms with van der Waals surface area (Å²) < 4.78 is 15.6. The van der Waals surface area contributed by atoms with Crippen LogP contribution in [0.25, 0.3) is 0 Å². The molecule has 0 radical (unpaired) electrons. The molecule has 16 heavy (non-hydrogen) atoms. The van der Waals surface area contributed by atoms with E-state index in [4.69, 9.17) is 9.47 Å². The Kier molecular flexibility index (Phi) is 3.14. The first-order valence-electron chi connectivity index (χ1n) is 4.56. The molecule has 1 heterocycles. The highest BCUT2D eigenvalue weighted by Gasteiger charge is 2.18. The third-order valence-electron chi connectivity index (χ3n) is 2.13. The largest absolute Gasteiger partial charge is 0.465 e. The monoisotopic (exact) mass is 284 g/mol. The fraction of sp³-hybridized carbons (Fsp3) is 0.182. The molecule has 0 saturated heterocycles.